The zero-order valence-electron chi connectivity index (χ0n) is 22.0. The van der Waals surface area contributed by atoms with Crippen LogP contribution in [0.1, 0.15) is 0 Å². The summed E-state index contributed by atoms with van der Waals surface area (Å²) in [5.74, 6) is 0. The van der Waals surface area contributed by atoms with Gasteiger partial charge in [0.15, 0.2) is 0 Å². The molecule has 1 aliphatic carbocycles. The van der Waals surface area contributed by atoms with Crippen molar-refractivity contribution in [2.45, 2.75) is 0 Å². The van der Waals surface area contributed by atoms with E-state index in [4.69, 9.17) is 4.98 Å². The molecule has 4 heteroatoms. The van der Waals surface area contributed by atoms with Gasteiger partial charge in [-0.25, -0.2) is 4.98 Å². The van der Waals surface area contributed by atoms with E-state index in [1.54, 1.807) is 11.3 Å². The third kappa shape index (κ3) is 3.28. The Bertz CT molecular complexity index is 2010. The largest absolute Gasteiger partial charge is 0.306 e. The first-order chi connectivity index (χ1) is 20.3. The predicted octanol–water partition coefficient (Wildman–Crippen LogP) is 10.9. The Hall–Kier alpha value is -5.19. The Morgan fingerprint density at radius 1 is 0.463 bits per heavy atom. The van der Waals surface area contributed by atoms with Crippen LogP contribution in [0.2, 0.25) is 0 Å². The van der Waals surface area contributed by atoms with Crippen molar-refractivity contribution in [3.63, 3.8) is 0 Å². The van der Waals surface area contributed by atoms with Crippen LogP contribution < -0.4 is 9.80 Å². The summed E-state index contributed by atoms with van der Waals surface area (Å²) in [6, 6.07) is 49.9. The molecule has 0 N–H and O–H groups in total. The molecular formula is C37H23N3S. The van der Waals surface area contributed by atoms with Gasteiger partial charge in [0.1, 0.15) is 5.01 Å². The highest BCUT2D eigenvalue weighted by molar-refractivity contribution is 7.19. The fraction of sp³-hybridized carbons (Fsp3) is 0. The molecule has 3 nitrogen and oxygen atoms in total. The predicted molar refractivity (Wildman–Crippen MR) is 172 cm³/mol. The standard InChI is InChI=1S/C37H23N3S/c1-2-12-26(13-3-1)39-30-16-4-6-18-32(30)40(33-19-7-5-17-31(33)39)27-22-20-25(21-23-27)37-38-35-28-14-8-10-24-11-9-15-29(34(24)28)36(35)41-37/h1-23H. The Morgan fingerprint density at radius 2 is 1.00 bits per heavy atom. The van der Waals surface area contributed by atoms with Crippen molar-refractivity contribution >= 4 is 56.2 Å². The molecule has 1 aliphatic heterocycles. The lowest BCUT2D eigenvalue weighted by atomic mass is 10.0. The number of nitrogens with zero attached hydrogens (tertiary/aromatic N) is 3. The van der Waals surface area contributed by atoms with Crippen LogP contribution in [0.4, 0.5) is 34.1 Å². The maximum Gasteiger partial charge on any atom is 0.124 e. The van der Waals surface area contributed by atoms with Crippen LogP contribution in [0.15, 0.2) is 140 Å². The molecule has 0 fully saturated rings. The number of hydrogen-bond donors (Lipinski definition) is 0. The summed E-state index contributed by atoms with van der Waals surface area (Å²) in [5.41, 5.74) is 11.7. The first kappa shape index (κ1) is 22.6. The van der Waals surface area contributed by atoms with Crippen molar-refractivity contribution in [2.75, 3.05) is 9.80 Å². The van der Waals surface area contributed by atoms with Gasteiger partial charge in [-0.2, -0.15) is 0 Å². The number of rotatable bonds is 3. The molecule has 0 saturated heterocycles. The smallest absolute Gasteiger partial charge is 0.124 e. The van der Waals surface area contributed by atoms with E-state index in [2.05, 4.69) is 149 Å². The number of aromatic nitrogens is 1. The summed E-state index contributed by atoms with van der Waals surface area (Å²) in [6.45, 7) is 0. The molecule has 0 unspecified atom stereocenters. The second kappa shape index (κ2) is 8.65. The van der Waals surface area contributed by atoms with Gasteiger partial charge >= 0.3 is 0 Å². The van der Waals surface area contributed by atoms with E-state index in [-0.39, 0.29) is 0 Å². The number of hydrogen-bond acceptors (Lipinski definition) is 4. The minimum absolute atomic E-state index is 1.06. The van der Waals surface area contributed by atoms with Gasteiger partial charge in [-0.05, 0) is 71.4 Å². The molecule has 0 saturated carbocycles. The quantitative estimate of drug-likeness (QED) is 0.222. The van der Waals surface area contributed by atoms with Gasteiger partial charge in [0, 0.05) is 28.1 Å². The maximum atomic E-state index is 5.16. The summed E-state index contributed by atoms with van der Waals surface area (Å²) in [5, 5.41) is 3.67. The lowest BCUT2D eigenvalue weighted by Gasteiger charge is -2.40. The monoisotopic (exact) mass is 541 g/mol. The minimum atomic E-state index is 1.06. The van der Waals surface area contributed by atoms with E-state index in [1.807, 2.05) is 0 Å². The van der Waals surface area contributed by atoms with Gasteiger partial charge < -0.3 is 9.80 Å². The lowest BCUT2D eigenvalue weighted by molar-refractivity contribution is 1.17. The topological polar surface area (TPSA) is 19.4 Å². The molecule has 192 valence electrons. The van der Waals surface area contributed by atoms with Crippen LogP contribution in [0.3, 0.4) is 0 Å². The van der Waals surface area contributed by atoms with Crippen LogP contribution in [0, 0.1) is 0 Å². The van der Waals surface area contributed by atoms with Crippen LogP contribution in [-0.2, 0) is 0 Å². The van der Waals surface area contributed by atoms with E-state index >= 15 is 0 Å². The number of fused-ring (bicyclic) bond motifs is 5. The molecule has 0 atom stereocenters. The van der Waals surface area contributed by atoms with Crippen LogP contribution in [0.5, 0.6) is 0 Å². The Balaban J connectivity index is 1.13. The fourth-order valence-corrected chi connectivity index (χ4v) is 7.48. The molecule has 0 bridgehead atoms. The van der Waals surface area contributed by atoms with Gasteiger partial charge in [0.25, 0.3) is 0 Å². The molecule has 0 radical (unpaired) electrons. The van der Waals surface area contributed by atoms with Crippen molar-refractivity contribution in [3.05, 3.63) is 140 Å². The third-order valence-corrected chi connectivity index (χ3v) is 9.28. The number of para-hydroxylation sites is 5. The molecule has 41 heavy (non-hydrogen) atoms. The van der Waals surface area contributed by atoms with Gasteiger partial charge in [0.05, 0.1) is 33.3 Å². The number of thiazole rings is 1. The molecule has 7 aromatic rings. The summed E-state index contributed by atoms with van der Waals surface area (Å²) in [6.07, 6.45) is 0. The van der Waals surface area contributed by atoms with E-state index in [9.17, 15) is 0 Å². The van der Waals surface area contributed by atoms with Crippen LogP contribution in [0.25, 0.3) is 43.0 Å². The highest BCUT2D eigenvalue weighted by atomic mass is 32.1. The van der Waals surface area contributed by atoms with E-state index in [0.717, 1.165) is 50.4 Å². The normalized spacial score (nSPS) is 12.8. The van der Waals surface area contributed by atoms with Gasteiger partial charge in [-0.1, -0.05) is 78.9 Å². The van der Waals surface area contributed by atoms with Gasteiger partial charge in [0.2, 0.25) is 0 Å². The molecule has 0 amide bonds. The van der Waals surface area contributed by atoms with Crippen molar-refractivity contribution in [1.29, 1.82) is 0 Å². The summed E-state index contributed by atoms with van der Waals surface area (Å²) >= 11 is 1.79. The first-order valence-corrected chi connectivity index (χ1v) is 14.6. The van der Waals surface area contributed by atoms with Crippen molar-refractivity contribution in [1.82, 2.24) is 4.98 Å². The Kier molecular flexibility index (Phi) is 4.77. The molecule has 0 spiro atoms. The van der Waals surface area contributed by atoms with Crippen molar-refractivity contribution in [3.8, 4) is 32.3 Å². The SMILES string of the molecule is c1ccc(N2c3ccccc3N(c3ccc(-c4nc5c(s4)-c4cccc6cccc-5c46)cc3)c3ccccc32)cc1. The lowest BCUT2D eigenvalue weighted by Crippen LogP contribution is -2.23. The highest BCUT2D eigenvalue weighted by Crippen LogP contribution is 2.54. The maximum absolute atomic E-state index is 5.16. The van der Waals surface area contributed by atoms with E-state index in [0.29, 0.717) is 0 Å². The molecular weight excluding hydrogens is 518 g/mol. The molecule has 2 aliphatic rings. The zero-order valence-corrected chi connectivity index (χ0v) is 22.8. The average molecular weight is 542 g/mol. The second-order valence-corrected chi connectivity index (χ2v) is 11.4. The first-order valence-electron chi connectivity index (χ1n) is 13.8. The van der Waals surface area contributed by atoms with Crippen LogP contribution in [-0.4, -0.2) is 4.98 Å². The average Bonchev–Trinajstić information content (AvgIpc) is 3.60. The summed E-state index contributed by atoms with van der Waals surface area (Å²) in [4.78, 5) is 11.2. The minimum Gasteiger partial charge on any atom is -0.306 e. The number of anilines is 6. The Morgan fingerprint density at radius 3 is 1.61 bits per heavy atom. The molecule has 6 aromatic carbocycles. The highest BCUT2D eigenvalue weighted by Gasteiger charge is 2.30. The van der Waals surface area contributed by atoms with Gasteiger partial charge in [-0.15, -0.1) is 11.3 Å². The van der Waals surface area contributed by atoms with Crippen molar-refractivity contribution < 1.29 is 0 Å². The fourth-order valence-electron chi connectivity index (χ4n) is 6.37. The van der Waals surface area contributed by atoms with E-state index in [1.165, 1.54) is 26.8 Å². The van der Waals surface area contributed by atoms with Crippen molar-refractivity contribution in [2.24, 2.45) is 0 Å². The summed E-state index contributed by atoms with van der Waals surface area (Å²) < 4.78 is 0. The molecule has 9 rings (SSSR count). The van der Waals surface area contributed by atoms with Gasteiger partial charge in [-0.3, -0.25) is 0 Å². The zero-order chi connectivity index (χ0) is 26.9. The molecule has 1 aromatic heterocycles. The second-order valence-electron chi connectivity index (χ2n) is 10.4. The number of benzene rings is 6. The summed E-state index contributed by atoms with van der Waals surface area (Å²) in [7, 11) is 0. The van der Waals surface area contributed by atoms with Crippen LogP contribution >= 0.6 is 11.3 Å². The van der Waals surface area contributed by atoms with E-state index < -0.39 is 0 Å². The third-order valence-electron chi connectivity index (χ3n) is 8.15. The Labute approximate surface area is 242 Å². The molecule has 2 heterocycles.